The molecule has 1 aromatic rings. The van der Waals surface area contributed by atoms with Gasteiger partial charge < -0.3 is 15.2 Å². The largest absolute Gasteiger partial charge is 0.497 e. The average Bonchev–Trinajstić information content (AvgIpc) is 2.44. The van der Waals surface area contributed by atoms with Gasteiger partial charge in [0.25, 0.3) is 0 Å². The van der Waals surface area contributed by atoms with Crippen molar-refractivity contribution in [3.05, 3.63) is 29.8 Å². The van der Waals surface area contributed by atoms with Crippen molar-refractivity contribution in [2.75, 3.05) is 7.11 Å². The van der Waals surface area contributed by atoms with Crippen LogP contribution in [-0.4, -0.2) is 30.1 Å². The Morgan fingerprint density at radius 3 is 2.33 bits per heavy atom. The maximum absolute atomic E-state index is 11.8. The van der Waals surface area contributed by atoms with Crippen LogP contribution in [0.2, 0.25) is 0 Å². The number of amides is 1. The van der Waals surface area contributed by atoms with Gasteiger partial charge in [0.2, 0.25) is 5.91 Å². The van der Waals surface area contributed by atoms with Gasteiger partial charge in [-0.15, -0.1) is 0 Å². The molecule has 0 fully saturated rings. The molecular formula is C16H23NO4. The van der Waals surface area contributed by atoms with Crippen LogP contribution in [0.1, 0.15) is 32.3 Å². The van der Waals surface area contributed by atoms with Crippen molar-refractivity contribution in [1.82, 2.24) is 5.32 Å². The molecule has 21 heavy (non-hydrogen) atoms. The highest BCUT2D eigenvalue weighted by Gasteiger charge is 2.20. The normalized spacial score (nSPS) is 12.0. The molecule has 0 bridgehead atoms. The van der Waals surface area contributed by atoms with E-state index in [-0.39, 0.29) is 18.2 Å². The summed E-state index contributed by atoms with van der Waals surface area (Å²) in [5.41, 5.74) is 1.02. The van der Waals surface area contributed by atoms with E-state index in [1.54, 1.807) is 7.11 Å². The first-order valence-corrected chi connectivity index (χ1v) is 7.07. The molecule has 1 amide bonds. The molecule has 0 saturated heterocycles. The molecule has 5 heteroatoms. The molecule has 1 atom stereocenters. The van der Waals surface area contributed by atoms with Crippen LogP contribution in [0.3, 0.4) is 0 Å². The monoisotopic (exact) mass is 293 g/mol. The Kier molecular flexibility index (Phi) is 6.72. The summed E-state index contributed by atoms with van der Waals surface area (Å²) in [5.74, 6) is -0.237. The van der Waals surface area contributed by atoms with Crippen molar-refractivity contribution in [2.45, 2.75) is 39.2 Å². The number of carbonyl (C=O) groups excluding carboxylic acids is 1. The predicted molar refractivity (Wildman–Crippen MR) is 80.3 cm³/mol. The maximum atomic E-state index is 11.8. The standard InChI is InChI=1S/C16H23NO4/c1-11(2)10-14(16(19)20)17-15(18)9-6-12-4-7-13(21-3)8-5-12/h4-5,7-8,11,14H,6,9-10H2,1-3H3,(H,17,18)(H,19,20)/t14-/m0/s1. The quantitative estimate of drug-likeness (QED) is 0.770. The SMILES string of the molecule is COc1ccc(CCC(=O)N[C@@H](CC(C)C)C(=O)O)cc1. The molecule has 1 rings (SSSR count). The lowest BCUT2D eigenvalue weighted by Gasteiger charge is -2.16. The van der Waals surface area contributed by atoms with E-state index in [0.29, 0.717) is 12.8 Å². The Balaban J connectivity index is 2.46. The van der Waals surface area contributed by atoms with E-state index in [0.717, 1.165) is 11.3 Å². The van der Waals surface area contributed by atoms with Gasteiger partial charge in [-0.25, -0.2) is 4.79 Å². The fourth-order valence-corrected chi connectivity index (χ4v) is 2.01. The first-order valence-electron chi connectivity index (χ1n) is 7.07. The van der Waals surface area contributed by atoms with Gasteiger partial charge in [-0.05, 0) is 36.5 Å². The molecule has 116 valence electrons. The first-order chi connectivity index (χ1) is 9.92. The number of aliphatic carboxylic acids is 1. The summed E-state index contributed by atoms with van der Waals surface area (Å²) in [6, 6.07) is 6.66. The lowest BCUT2D eigenvalue weighted by molar-refractivity contribution is -0.142. The topological polar surface area (TPSA) is 75.6 Å². The van der Waals surface area contributed by atoms with Crippen LogP contribution < -0.4 is 10.1 Å². The molecule has 5 nitrogen and oxygen atoms in total. The Bertz CT molecular complexity index is 468. The van der Waals surface area contributed by atoms with Crippen LogP contribution in [0.15, 0.2) is 24.3 Å². The number of hydrogen-bond acceptors (Lipinski definition) is 3. The van der Waals surface area contributed by atoms with Gasteiger partial charge in [-0.2, -0.15) is 0 Å². The maximum Gasteiger partial charge on any atom is 0.326 e. The van der Waals surface area contributed by atoms with Crippen molar-refractivity contribution in [2.24, 2.45) is 5.92 Å². The van der Waals surface area contributed by atoms with Crippen molar-refractivity contribution in [1.29, 1.82) is 0 Å². The molecule has 0 radical (unpaired) electrons. The second-order valence-corrected chi connectivity index (χ2v) is 5.44. The Morgan fingerprint density at radius 1 is 1.24 bits per heavy atom. The number of ether oxygens (including phenoxy) is 1. The molecule has 0 heterocycles. The summed E-state index contributed by atoms with van der Waals surface area (Å²) in [6.45, 7) is 3.86. The number of carbonyl (C=O) groups is 2. The Hall–Kier alpha value is -2.04. The van der Waals surface area contributed by atoms with Crippen molar-refractivity contribution in [3.63, 3.8) is 0 Å². The number of methoxy groups -OCH3 is 1. The molecule has 0 saturated carbocycles. The zero-order valence-corrected chi connectivity index (χ0v) is 12.8. The number of hydrogen-bond donors (Lipinski definition) is 2. The van der Waals surface area contributed by atoms with Crippen LogP contribution >= 0.6 is 0 Å². The van der Waals surface area contributed by atoms with Crippen LogP contribution in [0.4, 0.5) is 0 Å². The lowest BCUT2D eigenvalue weighted by Crippen LogP contribution is -2.41. The van der Waals surface area contributed by atoms with Crippen LogP contribution in [0.5, 0.6) is 5.75 Å². The van der Waals surface area contributed by atoms with E-state index >= 15 is 0 Å². The van der Waals surface area contributed by atoms with Crippen LogP contribution in [-0.2, 0) is 16.0 Å². The first kappa shape index (κ1) is 17.0. The van der Waals surface area contributed by atoms with Gasteiger partial charge in [0, 0.05) is 6.42 Å². The van der Waals surface area contributed by atoms with Gasteiger partial charge in [-0.1, -0.05) is 26.0 Å². The zero-order valence-electron chi connectivity index (χ0n) is 12.8. The highest BCUT2D eigenvalue weighted by molar-refractivity contribution is 5.83. The molecule has 0 unspecified atom stereocenters. The Labute approximate surface area is 125 Å². The molecule has 0 aromatic heterocycles. The van der Waals surface area contributed by atoms with Gasteiger partial charge in [-0.3, -0.25) is 4.79 Å². The van der Waals surface area contributed by atoms with E-state index in [9.17, 15) is 9.59 Å². The molecule has 0 aliphatic carbocycles. The third kappa shape index (κ3) is 6.29. The summed E-state index contributed by atoms with van der Waals surface area (Å²) in [6.07, 6.45) is 1.28. The highest BCUT2D eigenvalue weighted by Crippen LogP contribution is 2.12. The molecule has 0 aliphatic rings. The molecule has 0 spiro atoms. The zero-order chi connectivity index (χ0) is 15.8. The second kappa shape index (κ2) is 8.29. The third-order valence-corrected chi connectivity index (χ3v) is 3.14. The number of carboxylic acid groups (broad SMARTS) is 1. The minimum Gasteiger partial charge on any atom is -0.497 e. The van der Waals surface area contributed by atoms with Crippen LogP contribution in [0, 0.1) is 5.92 Å². The number of aryl methyl sites for hydroxylation is 1. The average molecular weight is 293 g/mol. The van der Waals surface area contributed by atoms with Crippen molar-refractivity contribution in [3.8, 4) is 5.75 Å². The number of benzene rings is 1. The smallest absolute Gasteiger partial charge is 0.326 e. The van der Waals surface area contributed by atoms with Gasteiger partial charge in [0.1, 0.15) is 11.8 Å². The lowest BCUT2D eigenvalue weighted by atomic mass is 10.0. The van der Waals surface area contributed by atoms with E-state index < -0.39 is 12.0 Å². The molecular weight excluding hydrogens is 270 g/mol. The predicted octanol–water partition coefficient (Wildman–Crippen LogP) is 2.24. The van der Waals surface area contributed by atoms with E-state index in [2.05, 4.69) is 5.32 Å². The fraction of sp³-hybridized carbons (Fsp3) is 0.500. The summed E-state index contributed by atoms with van der Waals surface area (Å²) in [4.78, 5) is 22.9. The van der Waals surface area contributed by atoms with Crippen molar-refractivity contribution >= 4 is 11.9 Å². The molecule has 2 N–H and O–H groups in total. The van der Waals surface area contributed by atoms with Crippen LogP contribution in [0.25, 0.3) is 0 Å². The molecule has 0 aliphatic heterocycles. The Morgan fingerprint density at radius 2 is 1.86 bits per heavy atom. The third-order valence-electron chi connectivity index (χ3n) is 3.14. The summed E-state index contributed by atoms with van der Waals surface area (Å²) < 4.78 is 5.07. The fourth-order valence-electron chi connectivity index (χ4n) is 2.01. The van der Waals surface area contributed by atoms with Gasteiger partial charge in [0.15, 0.2) is 0 Å². The van der Waals surface area contributed by atoms with E-state index in [1.807, 2.05) is 38.1 Å². The minimum atomic E-state index is -0.985. The van der Waals surface area contributed by atoms with Crippen molar-refractivity contribution < 1.29 is 19.4 Å². The number of rotatable bonds is 8. The summed E-state index contributed by atoms with van der Waals surface area (Å²) in [7, 11) is 1.60. The summed E-state index contributed by atoms with van der Waals surface area (Å²) in [5, 5.41) is 11.7. The van der Waals surface area contributed by atoms with Gasteiger partial charge in [0.05, 0.1) is 7.11 Å². The minimum absolute atomic E-state index is 0.216. The highest BCUT2D eigenvalue weighted by atomic mass is 16.5. The van der Waals surface area contributed by atoms with E-state index in [1.165, 1.54) is 0 Å². The van der Waals surface area contributed by atoms with E-state index in [4.69, 9.17) is 9.84 Å². The summed E-state index contributed by atoms with van der Waals surface area (Å²) >= 11 is 0. The molecule has 1 aromatic carbocycles. The number of nitrogens with one attached hydrogen (secondary N) is 1. The number of carboxylic acids is 1. The van der Waals surface area contributed by atoms with Gasteiger partial charge >= 0.3 is 5.97 Å². The second-order valence-electron chi connectivity index (χ2n) is 5.44.